The van der Waals surface area contributed by atoms with E-state index in [1.807, 2.05) is 73.7 Å². The van der Waals surface area contributed by atoms with Crippen molar-refractivity contribution < 1.29 is 9.32 Å². The third-order valence-corrected chi connectivity index (χ3v) is 4.18. The van der Waals surface area contributed by atoms with E-state index in [0.29, 0.717) is 28.5 Å². The number of benzene rings is 3. The fourth-order valence-corrected chi connectivity index (χ4v) is 2.72. The maximum Gasteiger partial charge on any atom is 0.260 e. The number of anilines is 1. The largest absolute Gasteiger partial charge is 0.334 e. The van der Waals surface area contributed by atoms with Crippen molar-refractivity contribution in [2.45, 2.75) is 6.92 Å². The van der Waals surface area contributed by atoms with E-state index in [2.05, 4.69) is 15.5 Å². The molecule has 5 heteroatoms. The molecule has 1 amide bonds. The number of nitrogens with one attached hydrogen (secondary N) is 1. The van der Waals surface area contributed by atoms with Crippen molar-refractivity contribution in [1.82, 2.24) is 10.1 Å². The van der Waals surface area contributed by atoms with Crippen LogP contribution in [0.15, 0.2) is 83.4 Å². The van der Waals surface area contributed by atoms with Crippen molar-refractivity contribution in [2.75, 3.05) is 5.32 Å². The molecule has 0 unspecified atom stereocenters. The molecule has 0 radical (unpaired) electrons. The third kappa shape index (κ3) is 3.62. The lowest BCUT2D eigenvalue weighted by atomic mass is 10.1. The maximum absolute atomic E-state index is 12.6. The predicted molar refractivity (Wildman–Crippen MR) is 104 cm³/mol. The van der Waals surface area contributed by atoms with Gasteiger partial charge in [-0.25, -0.2) is 0 Å². The van der Waals surface area contributed by atoms with E-state index in [-0.39, 0.29) is 5.91 Å². The van der Waals surface area contributed by atoms with Gasteiger partial charge in [0.15, 0.2) is 0 Å². The van der Waals surface area contributed by atoms with Gasteiger partial charge in [0, 0.05) is 11.1 Å². The van der Waals surface area contributed by atoms with Crippen molar-refractivity contribution in [3.63, 3.8) is 0 Å². The number of carbonyl (C=O) groups excluding carboxylic acids is 1. The van der Waals surface area contributed by atoms with E-state index in [0.717, 1.165) is 11.1 Å². The fourth-order valence-electron chi connectivity index (χ4n) is 2.72. The predicted octanol–water partition coefficient (Wildman–Crippen LogP) is 4.96. The first-order valence-corrected chi connectivity index (χ1v) is 8.57. The van der Waals surface area contributed by atoms with Gasteiger partial charge in [0.2, 0.25) is 5.82 Å². The summed E-state index contributed by atoms with van der Waals surface area (Å²) in [6.07, 6.45) is 0. The van der Waals surface area contributed by atoms with Crippen LogP contribution in [0.2, 0.25) is 0 Å². The van der Waals surface area contributed by atoms with E-state index >= 15 is 0 Å². The summed E-state index contributed by atoms with van der Waals surface area (Å²) >= 11 is 0. The Balaban J connectivity index is 1.63. The standard InChI is InChI=1S/C22H17N3O2/c1-15-11-13-17(14-12-15)21(26)23-19-10-6-5-9-18(19)22-24-20(25-27-22)16-7-3-2-4-8-16/h2-14H,1H3,(H,23,26). The Labute approximate surface area is 156 Å². The minimum absolute atomic E-state index is 0.190. The van der Waals surface area contributed by atoms with Crippen molar-refractivity contribution in [3.05, 3.63) is 90.0 Å². The molecular weight excluding hydrogens is 338 g/mol. The summed E-state index contributed by atoms with van der Waals surface area (Å²) in [5.74, 6) is 0.671. The van der Waals surface area contributed by atoms with Gasteiger partial charge >= 0.3 is 0 Å². The van der Waals surface area contributed by atoms with Gasteiger partial charge in [-0.1, -0.05) is 65.3 Å². The third-order valence-electron chi connectivity index (χ3n) is 4.18. The van der Waals surface area contributed by atoms with Crippen LogP contribution in [-0.2, 0) is 0 Å². The topological polar surface area (TPSA) is 68.0 Å². The molecule has 1 heterocycles. The number of aryl methyl sites for hydroxylation is 1. The number of para-hydroxylation sites is 1. The van der Waals surface area contributed by atoms with Crippen LogP contribution < -0.4 is 5.32 Å². The molecule has 0 fully saturated rings. The van der Waals surface area contributed by atoms with Gasteiger partial charge in [-0.05, 0) is 31.2 Å². The Morgan fingerprint density at radius 1 is 0.889 bits per heavy atom. The lowest BCUT2D eigenvalue weighted by Gasteiger charge is -2.08. The SMILES string of the molecule is Cc1ccc(C(=O)Nc2ccccc2-c2nc(-c3ccccc3)no2)cc1. The minimum atomic E-state index is -0.190. The summed E-state index contributed by atoms with van der Waals surface area (Å²) in [5.41, 5.74) is 3.85. The van der Waals surface area contributed by atoms with E-state index in [1.165, 1.54) is 0 Å². The molecule has 0 atom stereocenters. The Morgan fingerprint density at radius 3 is 2.37 bits per heavy atom. The van der Waals surface area contributed by atoms with Gasteiger partial charge in [0.1, 0.15) is 0 Å². The van der Waals surface area contributed by atoms with E-state index in [4.69, 9.17) is 4.52 Å². The lowest BCUT2D eigenvalue weighted by Crippen LogP contribution is -2.12. The van der Waals surface area contributed by atoms with Gasteiger partial charge in [0.05, 0.1) is 11.3 Å². The molecule has 27 heavy (non-hydrogen) atoms. The first kappa shape index (κ1) is 16.7. The first-order valence-electron chi connectivity index (χ1n) is 8.57. The normalized spacial score (nSPS) is 10.6. The molecular formula is C22H17N3O2. The second kappa shape index (κ2) is 7.25. The number of rotatable bonds is 4. The quantitative estimate of drug-likeness (QED) is 0.561. The molecule has 0 spiro atoms. The smallest absolute Gasteiger partial charge is 0.260 e. The van der Waals surface area contributed by atoms with Gasteiger partial charge < -0.3 is 9.84 Å². The summed E-state index contributed by atoms with van der Waals surface area (Å²) in [6.45, 7) is 1.98. The van der Waals surface area contributed by atoms with E-state index < -0.39 is 0 Å². The molecule has 0 saturated heterocycles. The van der Waals surface area contributed by atoms with Crippen LogP contribution in [0.3, 0.4) is 0 Å². The molecule has 0 bridgehead atoms. The zero-order chi connectivity index (χ0) is 18.6. The zero-order valence-corrected chi connectivity index (χ0v) is 14.7. The van der Waals surface area contributed by atoms with Crippen molar-refractivity contribution in [1.29, 1.82) is 0 Å². The van der Waals surface area contributed by atoms with E-state index in [9.17, 15) is 4.79 Å². The first-order chi connectivity index (χ1) is 13.2. The maximum atomic E-state index is 12.6. The second-order valence-corrected chi connectivity index (χ2v) is 6.15. The molecule has 0 aliphatic heterocycles. The average molecular weight is 355 g/mol. The molecule has 5 nitrogen and oxygen atoms in total. The molecule has 1 aromatic heterocycles. The number of carbonyl (C=O) groups is 1. The summed E-state index contributed by atoms with van der Waals surface area (Å²) in [5, 5.41) is 6.98. The molecule has 4 aromatic rings. The molecule has 0 aliphatic rings. The Kier molecular flexibility index (Phi) is 4.49. The number of aromatic nitrogens is 2. The van der Waals surface area contributed by atoms with E-state index in [1.54, 1.807) is 12.1 Å². The highest BCUT2D eigenvalue weighted by Crippen LogP contribution is 2.28. The highest BCUT2D eigenvalue weighted by molar-refractivity contribution is 6.06. The fraction of sp³-hybridized carbons (Fsp3) is 0.0455. The summed E-state index contributed by atoms with van der Waals surface area (Å²) in [4.78, 5) is 17.0. The molecule has 4 rings (SSSR count). The van der Waals surface area contributed by atoms with Crippen LogP contribution in [0.4, 0.5) is 5.69 Å². The number of amides is 1. The highest BCUT2D eigenvalue weighted by Gasteiger charge is 2.15. The van der Waals surface area contributed by atoms with Gasteiger partial charge in [-0.2, -0.15) is 4.98 Å². The van der Waals surface area contributed by atoms with Gasteiger partial charge in [-0.3, -0.25) is 4.79 Å². The monoisotopic (exact) mass is 355 g/mol. The Morgan fingerprint density at radius 2 is 1.59 bits per heavy atom. The highest BCUT2D eigenvalue weighted by atomic mass is 16.5. The second-order valence-electron chi connectivity index (χ2n) is 6.15. The number of nitrogens with zero attached hydrogens (tertiary/aromatic N) is 2. The van der Waals surface area contributed by atoms with Crippen molar-refractivity contribution >= 4 is 11.6 Å². The molecule has 0 aliphatic carbocycles. The van der Waals surface area contributed by atoms with Crippen LogP contribution >= 0.6 is 0 Å². The van der Waals surface area contributed by atoms with Crippen LogP contribution in [0.1, 0.15) is 15.9 Å². The summed E-state index contributed by atoms with van der Waals surface area (Å²) in [6, 6.07) is 24.4. The minimum Gasteiger partial charge on any atom is -0.334 e. The van der Waals surface area contributed by atoms with Crippen LogP contribution in [-0.4, -0.2) is 16.0 Å². The van der Waals surface area contributed by atoms with Crippen LogP contribution in [0.25, 0.3) is 22.8 Å². The number of hydrogen-bond donors (Lipinski definition) is 1. The summed E-state index contributed by atoms with van der Waals surface area (Å²) in [7, 11) is 0. The lowest BCUT2D eigenvalue weighted by molar-refractivity contribution is 0.102. The zero-order valence-electron chi connectivity index (χ0n) is 14.7. The number of hydrogen-bond acceptors (Lipinski definition) is 4. The van der Waals surface area contributed by atoms with Crippen molar-refractivity contribution in [2.24, 2.45) is 0 Å². The van der Waals surface area contributed by atoms with Gasteiger partial charge in [-0.15, -0.1) is 0 Å². The molecule has 132 valence electrons. The van der Waals surface area contributed by atoms with Gasteiger partial charge in [0.25, 0.3) is 11.8 Å². The molecule has 1 N–H and O–H groups in total. The van der Waals surface area contributed by atoms with Crippen LogP contribution in [0, 0.1) is 6.92 Å². The Hall–Kier alpha value is -3.73. The molecule has 0 saturated carbocycles. The molecule has 3 aromatic carbocycles. The Bertz CT molecular complexity index is 1070. The van der Waals surface area contributed by atoms with Crippen molar-refractivity contribution in [3.8, 4) is 22.8 Å². The van der Waals surface area contributed by atoms with Crippen LogP contribution in [0.5, 0.6) is 0 Å². The average Bonchev–Trinajstić information content (AvgIpc) is 3.19. The summed E-state index contributed by atoms with van der Waals surface area (Å²) < 4.78 is 5.44.